The summed E-state index contributed by atoms with van der Waals surface area (Å²) in [6.45, 7) is 0.441. The molecular formula is C11H10N2O2. The van der Waals surface area contributed by atoms with Gasteiger partial charge in [0.05, 0.1) is 12.1 Å². The van der Waals surface area contributed by atoms with Crippen LogP contribution in [-0.4, -0.2) is 12.5 Å². The highest BCUT2D eigenvalue weighted by molar-refractivity contribution is 5.78. The van der Waals surface area contributed by atoms with E-state index in [0.717, 1.165) is 11.3 Å². The lowest BCUT2D eigenvalue weighted by Crippen LogP contribution is -2.28. The molecular weight excluding hydrogens is 192 g/mol. The normalized spacial score (nSPS) is 17.4. The lowest BCUT2D eigenvalue weighted by molar-refractivity contribution is -0.120. The second kappa shape index (κ2) is 4.01. The van der Waals surface area contributed by atoms with Crippen molar-refractivity contribution in [1.82, 2.24) is 5.32 Å². The van der Waals surface area contributed by atoms with Crippen LogP contribution in [0.15, 0.2) is 24.3 Å². The fourth-order valence-electron chi connectivity index (χ4n) is 1.60. The van der Waals surface area contributed by atoms with Crippen molar-refractivity contribution in [3.8, 4) is 11.8 Å². The van der Waals surface area contributed by atoms with Crippen molar-refractivity contribution >= 4 is 5.91 Å². The largest absolute Gasteiger partial charge is 0.491 e. The van der Waals surface area contributed by atoms with Gasteiger partial charge < -0.3 is 10.1 Å². The minimum atomic E-state index is -0.261. The van der Waals surface area contributed by atoms with Crippen LogP contribution in [0.2, 0.25) is 0 Å². The lowest BCUT2D eigenvalue weighted by Gasteiger charge is -2.09. The number of nitrogens with one attached hydrogen (secondary N) is 1. The van der Waals surface area contributed by atoms with Crippen molar-refractivity contribution in [1.29, 1.82) is 5.26 Å². The third-order valence-electron chi connectivity index (χ3n) is 2.27. The fourth-order valence-corrected chi connectivity index (χ4v) is 1.60. The molecule has 1 unspecified atom stereocenters. The summed E-state index contributed by atoms with van der Waals surface area (Å²) in [7, 11) is 0. The Kier molecular flexibility index (Phi) is 2.55. The Bertz CT molecular complexity index is 423. The third kappa shape index (κ3) is 1.91. The van der Waals surface area contributed by atoms with Gasteiger partial charge in [-0.05, 0) is 6.07 Å². The molecule has 15 heavy (non-hydrogen) atoms. The van der Waals surface area contributed by atoms with E-state index in [4.69, 9.17) is 10.00 Å². The van der Waals surface area contributed by atoms with E-state index in [9.17, 15) is 4.79 Å². The maximum atomic E-state index is 11.2. The van der Waals surface area contributed by atoms with Crippen LogP contribution >= 0.6 is 0 Å². The minimum absolute atomic E-state index is 0.112. The quantitative estimate of drug-likeness (QED) is 0.782. The van der Waals surface area contributed by atoms with E-state index in [2.05, 4.69) is 5.32 Å². The summed E-state index contributed by atoms with van der Waals surface area (Å²) < 4.78 is 5.39. The van der Waals surface area contributed by atoms with Crippen LogP contribution in [0.25, 0.3) is 0 Å². The number of nitriles is 1. The number of amides is 1. The molecule has 1 aromatic carbocycles. The Morgan fingerprint density at radius 1 is 1.60 bits per heavy atom. The van der Waals surface area contributed by atoms with Crippen LogP contribution < -0.4 is 10.1 Å². The topological polar surface area (TPSA) is 62.1 Å². The molecule has 76 valence electrons. The second-order valence-corrected chi connectivity index (χ2v) is 3.30. The molecule has 4 heteroatoms. The predicted molar refractivity (Wildman–Crippen MR) is 53.1 cm³/mol. The molecule has 0 bridgehead atoms. The van der Waals surface area contributed by atoms with Crippen LogP contribution in [0.1, 0.15) is 18.0 Å². The van der Waals surface area contributed by atoms with Crippen molar-refractivity contribution < 1.29 is 9.53 Å². The summed E-state index contributed by atoms with van der Waals surface area (Å²) in [5, 5.41) is 11.1. The number of nitrogens with zero attached hydrogens (tertiary/aromatic N) is 1. The van der Waals surface area contributed by atoms with Gasteiger partial charge >= 0.3 is 0 Å². The molecule has 1 heterocycles. The molecule has 4 nitrogen and oxygen atoms in total. The summed E-state index contributed by atoms with van der Waals surface area (Å²) in [6.07, 6.45) is -0.112. The van der Waals surface area contributed by atoms with Crippen LogP contribution in [0, 0.1) is 11.3 Å². The zero-order chi connectivity index (χ0) is 10.7. The highest BCUT2D eigenvalue weighted by atomic mass is 16.5. The van der Waals surface area contributed by atoms with Crippen molar-refractivity contribution in [3.05, 3.63) is 29.8 Å². The van der Waals surface area contributed by atoms with Gasteiger partial charge in [-0.1, -0.05) is 18.2 Å². The molecule has 2 rings (SSSR count). The van der Waals surface area contributed by atoms with Gasteiger partial charge in [-0.15, -0.1) is 0 Å². The second-order valence-electron chi connectivity index (χ2n) is 3.30. The van der Waals surface area contributed by atoms with Gasteiger partial charge in [0, 0.05) is 5.56 Å². The van der Waals surface area contributed by atoms with Crippen LogP contribution in [0.4, 0.5) is 0 Å². The SMILES string of the molecule is N#CCC(=O)NC1COc2ccccc21. The van der Waals surface area contributed by atoms with Gasteiger partial charge in [0.25, 0.3) is 0 Å². The molecule has 0 aromatic heterocycles. The average molecular weight is 202 g/mol. The van der Waals surface area contributed by atoms with Gasteiger partial charge in [0.2, 0.25) is 5.91 Å². The van der Waals surface area contributed by atoms with E-state index in [1.807, 2.05) is 30.3 Å². The van der Waals surface area contributed by atoms with Crippen molar-refractivity contribution in [2.24, 2.45) is 0 Å². The number of carbonyl (C=O) groups excluding carboxylic acids is 1. The molecule has 0 spiro atoms. The number of carbonyl (C=O) groups is 1. The molecule has 0 radical (unpaired) electrons. The number of hydrogen-bond acceptors (Lipinski definition) is 3. The molecule has 0 aliphatic carbocycles. The number of para-hydroxylation sites is 1. The van der Waals surface area contributed by atoms with E-state index < -0.39 is 0 Å². The summed E-state index contributed by atoms with van der Waals surface area (Å²) >= 11 is 0. The summed E-state index contributed by atoms with van der Waals surface area (Å²) in [5.41, 5.74) is 0.976. The third-order valence-corrected chi connectivity index (χ3v) is 2.27. The number of fused-ring (bicyclic) bond motifs is 1. The lowest BCUT2D eigenvalue weighted by atomic mass is 10.1. The van der Waals surface area contributed by atoms with E-state index in [0.29, 0.717) is 6.61 Å². The Hall–Kier alpha value is -2.02. The molecule has 0 saturated carbocycles. The molecule has 1 amide bonds. The van der Waals surface area contributed by atoms with Crippen molar-refractivity contribution in [2.45, 2.75) is 12.5 Å². The van der Waals surface area contributed by atoms with Gasteiger partial charge in [-0.25, -0.2) is 0 Å². The molecule has 0 fully saturated rings. The first kappa shape index (κ1) is 9.53. The highest BCUT2D eigenvalue weighted by Gasteiger charge is 2.24. The number of hydrogen-bond donors (Lipinski definition) is 1. The fraction of sp³-hybridized carbons (Fsp3) is 0.273. The van der Waals surface area contributed by atoms with E-state index in [1.54, 1.807) is 0 Å². The van der Waals surface area contributed by atoms with Gasteiger partial charge in [0.1, 0.15) is 18.8 Å². The Morgan fingerprint density at radius 2 is 2.40 bits per heavy atom. The van der Waals surface area contributed by atoms with E-state index in [1.165, 1.54) is 0 Å². The van der Waals surface area contributed by atoms with Gasteiger partial charge in [0.15, 0.2) is 0 Å². The standard InChI is InChI=1S/C11H10N2O2/c12-6-5-11(14)13-9-7-15-10-4-2-1-3-8(9)10/h1-4,9H,5,7H2,(H,13,14). The van der Waals surface area contributed by atoms with Crippen LogP contribution in [0.3, 0.4) is 0 Å². The van der Waals surface area contributed by atoms with Crippen molar-refractivity contribution in [2.75, 3.05) is 6.61 Å². The zero-order valence-electron chi connectivity index (χ0n) is 8.06. The Morgan fingerprint density at radius 3 is 3.20 bits per heavy atom. The number of ether oxygens (including phenoxy) is 1. The van der Waals surface area contributed by atoms with Crippen LogP contribution in [-0.2, 0) is 4.79 Å². The van der Waals surface area contributed by atoms with Crippen molar-refractivity contribution in [3.63, 3.8) is 0 Å². The average Bonchev–Trinajstić information content (AvgIpc) is 2.62. The molecule has 1 aromatic rings. The first-order valence-electron chi connectivity index (χ1n) is 4.69. The number of rotatable bonds is 2. The first-order valence-corrected chi connectivity index (χ1v) is 4.69. The predicted octanol–water partition coefficient (Wildman–Crippen LogP) is 1.15. The monoisotopic (exact) mass is 202 g/mol. The molecule has 1 aliphatic heterocycles. The van der Waals surface area contributed by atoms with E-state index in [-0.39, 0.29) is 18.4 Å². The maximum Gasteiger partial charge on any atom is 0.234 e. The van der Waals surface area contributed by atoms with E-state index >= 15 is 0 Å². The maximum absolute atomic E-state index is 11.2. The molecule has 1 aliphatic rings. The zero-order valence-corrected chi connectivity index (χ0v) is 8.06. The van der Waals surface area contributed by atoms with Crippen LogP contribution in [0.5, 0.6) is 5.75 Å². The Labute approximate surface area is 87.5 Å². The summed E-state index contributed by atoms with van der Waals surface area (Å²) in [5.74, 6) is 0.544. The molecule has 1 N–H and O–H groups in total. The first-order chi connectivity index (χ1) is 7.31. The minimum Gasteiger partial charge on any atom is -0.491 e. The van der Waals surface area contributed by atoms with Gasteiger partial charge in [-0.3, -0.25) is 4.79 Å². The Balaban J connectivity index is 2.08. The number of benzene rings is 1. The highest BCUT2D eigenvalue weighted by Crippen LogP contribution is 2.31. The molecule has 1 atom stereocenters. The smallest absolute Gasteiger partial charge is 0.234 e. The summed E-state index contributed by atoms with van der Waals surface area (Å²) in [6, 6.07) is 9.26. The molecule has 0 saturated heterocycles. The summed E-state index contributed by atoms with van der Waals surface area (Å²) in [4.78, 5) is 11.2. The van der Waals surface area contributed by atoms with Gasteiger partial charge in [-0.2, -0.15) is 5.26 Å².